The summed E-state index contributed by atoms with van der Waals surface area (Å²) in [6.07, 6.45) is 3.18. The maximum Gasteiger partial charge on any atom is 2.00 e. The van der Waals surface area contributed by atoms with Gasteiger partial charge in [-0.25, -0.2) is 9.97 Å². The molecule has 0 spiro atoms. The largest absolute Gasteiger partial charge is 2.00 e. The number of hydrogen-bond acceptors (Lipinski definition) is 10. The van der Waals surface area contributed by atoms with E-state index in [0.29, 0.717) is 76.1 Å². The fraction of sp³-hybridized carbons (Fsp3) is 0.522. The van der Waals surface area contributed by atoms with Crippen molar-refractivity contribution in [3.05, 3.63) is 69.3 Å². The molecule has 8 bridgehead atoms. The van der Waals surface area contributed by atoms with E-state index < -0.39 is 0 Å². The molecule has 0 fully saturated rings. The molecule has 2 aliphatic heterocycles. The number of hydrogen-bond donors (Lipinski definition) is 6. The first-order valence-corrected chi connectivity index (χ1v) is 21.4. The van der Waals surface area contributed by atoms with E-state index in [1.807, 2.05) is 52.0 Å². The zero-order valence-corrected chi connectivity index (χ0v) is 37.8. The van der Waals surface area contributed by atoms with E-state index in [4.69, 9.17) is 40.9 Å². The third-order valence-electron chi connectivity index (χ3n) is 11.2. The van der Waals surface area contributed by atoms with Crippen LogP contribution < -0.4 is 32.1 Å². The summed E-state index contributed by atoms with van der Waals surface area (Å²) in [6.45, 7) is 15.1. The predicted molar refractivity (Wildman–Crippen MR) is 238 cm³/mol. The molecule has 0 saturated heterocycles. The second-order valence-corrected chi connectivity index (χ2v) is 15.6. The molecule has 2 amide bonds. The quantitative estimate of drug-likeness (QED) is 0.0610. The molecule has 3 aromatic heterocycles. The van der Waals surface area contributed by atoms with Crippen molar-refractivity contribution in [3.8, 4) is 0 Å². The summed E-state index contributed by atoms with van der Waals surface area (Å²) in [4.78, 5) is 46.7. The number of aliphatic hydroxyl groups is 2. The SMILES string of the molecule is CC1=C(C(C)OCCCN)c2cc3nc(cc4[n-]c(cc5[n-]c(cc1n2)c(C)c5CCC(=O)NCCCO)c(CCC(=O)NCCCO)c4C)C(C(C)OCCCN)=C3C.[Mn+2]. The Hall–Kier alpha value is -4.18. The van der Waals surface area contributed by atoms with Crippen LogP contribution in [0.15, 0.2) is 24.3 Å². The van der Waals surface area contributed by atoms with E-state index in [2.05, 4.69) is 24.5 Å². The van der Waals surface area contributed by atoms with E-state index in [-0.39, 0.29) is 67.1 Å². The maximum absolute atomic E-state index is 12.9. The molecule has 5 rings (SSSR count). The minimum absolute atomic E-state index is 0. The zero-order valence-electron chi connectivity index (χ0n) is 36.6. The molecule has 15 heteroatoms. The number of aliphatic hydroxyl groups excluding tert-OH is 2. The zero-order chi connectivity index (χ0) is 43.3. The molecular weight excluding hydrogens is 815 g/mol. The van der Waals surface area contributed by atoms with Gasteiger partial charge in [-0.1, -0.05) is 40.5 Å². The van der Waals surface area contributed by atoms with Gasteiger partial charge in [-0.2, -0.15) is 0 Å². The van der Waals surface area contributed by atoms with Crippen LogP contribution in [0.1, 0.15) is 111 Å². The number of nitrogens with one attached hydrogen (secondary N) is 2. The van der Waals surface area contributed by atoms with Crippen LogP contribution in [-0.2, 0) is 49.0 Å². The van der Waals surface area contributed by atoms with Gasteiger partial charge in [0.15, 0.2) is 0 Å². The van der Waals surface area contributed by atoms with Crippen LogP contribution in [0, 0.1) is 13.8 Å². The molecule has 331 valence electrons. The molecule has 2 unspecified atom stereocenters. The van der Waals surface area contributed by atoms with Gasteiger partial charge in [0.05, 0.1) is 35.0 Å². The topological polar surface area (TPSA) is 223 Å². The van der Waals surface area contributed by atoms with Crippen molar-refractivity contribution in [2.75, 3.05) is 52.6 Å². The Morgan fingerprint density at radius 1 is 0.639 bits per heavy atom. The predicted octanol–water partition coefficient (Wildman–Crippen LogP) is 4.42. The van der Waals surface area contributed by atoms with Crippen molar-refractivity contribution in [1.29, 1.82) is 0 Å². The van der Waals surface area contributed by atoms with Gasteiger partial charge in [0.1, 0.15) is 0 Å². The average molecular weight is 880 g/mol. The standard InChI is InChI=1S/C46H66N8O6.Mn/c1-27-33(11-13-43(57)49-17-9-19-55)39-26-40-34(12-14-44(58)50-18-10-20-56)28(2)36(52-40)24-41-46(32(6)60-22-8-16-48)30(4)38(54-41)25-42-45(31(5)59-21-7-15-47)29(3)37(53-42)23-35(27)51-39;/h23-26,31-32,55-56H,7-22,47-48H2,1-6H3,(H4,49,50,51,52,53,54,57,58);/q;+2/p-2. The number of rotatable bonds is 22. The third-order valence-corrected chi connectivity index (χ3v) is 11.2. The van der Waals surface area contributed by atoms with Crippen LogP contribution in [0.25, 0.3) is 44.4 Å². The number of aryl methyl sites for hydroxylation is 4. The summed E-state index contributed by atoms with van der Waals surface area (Å²) >= 11 is 0. The van der Waals surface area contributed by atoms with Gasteiger partial charge in [-0.15, -0.1) is 22.1 Å². The van der Waals surface area contributed by atoms with Crippen LogP contribution in [-0.4, -0.2) is 96.8 Å². The van der Waals surface area contributed by atoms with Crippen molar-refractivity contribution in [2.45, 2.75) is 105 Å². The molecule has 0 saturated carbocycles. The molecule has 61 heavy (non-hydrogen) atoms. The molecule has 0 aliphatic carbocycles. The molecule has 8 N–H and O–H groups in total. The monoisotopic (exact) mass is 879 g/mol. The van der Waals surface area contributed by atoms with Gasteiger partial charge in [-0.05, 0) is 110 Å². The summed E-state index contributed by atoms with van der Waals surface area (Å²) < 4.78 is 12.6. The van der Waals surface area contributed by atoms with E-state index in [0.717, 1.165) is 91.2 Å². The third kappa shape index (κ3) is 12.5. The second-order valence-electron chi connectivity index (χ2n) is 15.6. The molecule has 14 nitrogen and oxygen atoms in total. The normalized spacial score (nSPS) is 13.7. The summed E-state index contributed by atoms with van der Waals surface area (Å²) in [6, 6.07) is 8.00. The number of carbonyl (C=O) groups excluding carboxylic acids is 2. The van der Waals surface area contributed by atoms with Crippen LogP contribution in [0.5, 0.6) is 0 Å². The van der Waals surface area contributed by atoms with Crippen LogP contribution in [0.3, 0.4) is 0 Å². The molecule has 3 aromatic rings. The summed E-state index contributed by atoms with van der Waals surface area (Å²) in [5.41, 5.74) is 25.0. The van der Waals surface area contributed by atoms with Gasteiger partial charge in [-0.3, -0.25) is 9.59 Å². The van der Waals surface area contributed by atoms with Crippen molar-refractivity contribution >= 4 is 56.2 Å². The van der Waals surface area contributed by atoms with Gasteiger partial charge in [0.2, 0.25) is 11.8 Å². The Balaban J connectivity index is 0.00000819. The minimum Gasteiger partial charge on any atom is -0.657 e. The molecular formula is C46H64MnN8O6. The summed E-state index contributed by atoms with van der Waals surface area (Å²) in [7, 11) is 0. The Labute approximate surface area is 370 Å². The van der Waals surface area contributed by atoms with Gasteiger partial charge in [0, 0.05) is 63.5 Å². The molecule has 2 atom stereocenters. The fourth-order valence-electron chi connectivity index (χ4n) is 7.78. The first kappa shape index (κ1) is 49.5. The van der Waals surface area contributed by atoms with E-state index in [1.54, 1.807) is 0 Å². The number of allylic oxidation sites excluding steroid dienone is 2. The molecule has 1 radical (unpaired) electrons. The van der Waals surface area contributed by atoms with Crippen LogP contribution >= 0.6 is 0 Å². The number of amides is 2. The van der Waals surface area contributed by atoms with E-state index in [9.17, 15) is 19.8 Å². The number of nitrogens with two attached hydrogens (primary N) is 2. The van der Waals surface area contributed by atoms with Crippen molar-refractivity contribution in [1.82, 2.24) is 30.6 Å². The van der Waals surface area contributed by atoms with Crippen LogP contribution in [0.2, 0.25) is 0 Å². The Morgan fingerprint density at radius 2 is 1.05 bits per heavy atom. The Kier molecular flexibility index (Phi) is 19.4. The fourth-order valence-corrected chi connectivity index (χ4v) is 7.78. The smallest absolute Gasteiger partial charge is 0.657 e. The van der Waals surface area contributed by atoms with Gasteiger partial charge in [0.25, 0.3) is 0 Å². The first-order chi connectivity index (χ1) is 28.9. The molecule has 5 heterocycles. The number of nitrogens with zero attached hydrogens (tertiary/aromatic N) is 4. The molecule has 0 aromatic carbocycles. The summed E-state index contributed by atoms with van der Waals surface area (Å²) in [5.74, 6) is -0.220. The number of ether oxygens (including phenoxy) is 2. The van der Waals surface area contributed by atoms with E-state index in [1.165, 1.54) is 0 Å². The van der Waals surface area contributed by atoms with Crippen LogP contribution in [0.4, 0.5) is 0 Å². The first-order valence-electron chi connectivity index (χ1n) is 21.4. The Morgan fingerprint density at radius 3 is 1.48 bits per heavy atom. The Bertz CT molecular complexity index is 2230. The van der Waals surface area contributed by atoms with Crippen molar-refractivity contribution in [2.24, 2.45) is 11.5 Å². The maximum atomic E-state index is 12.9. The summed E-state index contributed by atoms with van der Waals surface area (Å²) in [5, 5.41) is 24.3. The number of fused-ring (bicyclic) bond motifs is 8. The minimum atomic E-state index is -0.294. The second kappa shape index (κ2) is 23.9. The van der Waals surface area contributed by atoms with Gasteiger partial charge < -0.3 is 51.8 Å². The van der Waals surface area contributed by atoms with Crippen molar-refractivity contribution in [3.63, 3.8) is 0 Å². The number of aromatic nitrogens is 4. The average Bonchev–Trinajstić information content (AvgIpc) is 3.89. The van der Waals surface area contributed by atoms with Crippen molar-refractivity contribution < 1.29 is 46.3 Å². The number of carbonyl (C=O) groups is 2. The van der Waals surface area contributed by atoms with Gasteiger partial charge >= 0.3 is 17.1 Å². The molecule has 2 aliphatic rings. The van der Waals surface area contributed by atoms with E-state index >= 15 is 0 Å².